The third kappa shape index (κ3) is 16.1. The van der Waals surface area contributed by atoms with Crippen molar-refractivity contribution in [2.75, 3.05) is 21.1 Å². The number of nitrogens with zero attached hydrogens (tertiary/aromatic N) is 1. The average molecular weight is 485 g/mol. The molecule has 196 valence electrons. The minimum atomic E-state index is -2.42. The zero-order valence-corrected chi connectivity index (χ0v) is 24.1. The number of hydrogen-bond donors (Lipinski definition) is 0. The fourth-order valence-electron chi connectivity index (χ4n) is 4.99. The molecular weight excluding hydrogens is 425 g/mol. The fraction of sp³-hybridized carbons (Fsp3) is 0.931. The van der Waals surface area contributed by atoms with Gasteiger partial charge in [0.1, 0.15) is 0 Å². The van der Waals surface area contributed by atoms with E-state index in [2.05, 4.69) is 26.0 Å². The standard InChI is InChI=1S/C29H59NO2P/c1-6-8-9-10-11-12-13-14-15-16-17-18-19-20-21-22-23-24-25-26-28-29(27-7-2,33(31)32)30(3,4)5/h15-16H,6-14,17-28H2,1-5H3/q+1/b16-15-. The van der Waals surface area contributed by atoms with Crippen LogP contribution in [-0.4, -0.2) is 30.9 Å². The smallest absolute Gasteiger partial charge is 0.376 e. The summed E-state index contributed by atoms with van der Waals surface area (Å²) in [6.07, 6.45) is 31.1. The van der Waals surface area contributed by atoms with Crippen LogP contribution in [-0.2, 0) is 4.57 Å². The highest BCUT2D eigenvalue weighted by atomic mass is 31.1. The molecule has 0 aromatic carbocycles. The van der Waals surface area contributed by atoms with Gasteiger partial charge in [-0.3, -0.25) is 4.48 Å². The molecule has 0 aromatic rings. The molecular formula is C29H59NO2P+. The first-order valence-corrected chi connectivity index (χ1v) is 15.6. The molecule has 33 heavy (non-hydrogen) atoms. The van der Waals surface area contributed by atoms with E-state index in [4.69, 9.17) is 0 Å². The third-order valence-corrected chi connectivity index (χ3v) is 9.05. The molecule has 0 aromatic heterocycles. The lowest BCUT2D eigenvalue weighted by Gasteiger charge is -2.39. The second-order valence-electron chi connectivity index (χ2n) is 11.1. The molecule has 2 unspecified atom stereocenters. The van der Waals surface area contributed by atoms with Gasteiger partial charge in [-0.2, -0.15) is 0 Å². The van der Waals surface area contributed by atoms with E-state index in [0.717, 1.165) is 32.1 Å². The van der Waals surface area contributed by atoms with Crippen LogP contribution in [0.25, 0.3) is 0 Å². The molecule has 0 radical (unpaired) electrons. The van der Waals surface area contributed by atoms with Gasteiger partial charge in [-0.15, -0.1) is 0 Å². The van der Waals surface area contributed by atoms with E-state index >= 15 is 0 Å². The van der Waals surface area contributed by atoms with Crippen LogP contribution < -0.4 is 4.89 Å². The largest absolute Gasteiger partial charge is 0.590 e. The van der Waals surface area contributed by atoms with Gasteiger partial charge in [0.15, 0.2) is 0 Å². The predicted octanol–water partition coefficient (Wildman–Crippen LogP) is 9.28. The molecule has 2 atom stereocenters. The quantitative estimate of drug-likeness (QED) is 0.0592. The van der Waals surface area contributed by atoms with Gasteiger partial charge in [0.05, 0.1) is 21.1 Å². The van der Waals surface area contributed by atoms with E-state index in [9.17, 15) is 9.46 Å². The molecule has 4 heteroatoms. The van der Waals surface area contributed by atoms with Gasteiger partial charge in [-0.05, 0) is 38.5 Å². The molecule has 3 nitrogen and oxygen atoms in total. The number of quaternary nitrogens is 1. The predicted molar refractivity (Wildman–Crippen MR) is 146 cm³/mol. The molecule has 0 saturated heterocycles. The third-order valence-electron chi connectivity index (χ3n) is 7.33. The molecule has 0 fully saturated rings. The van der Waals surface area contributed by atoms with Crippen LogP contribution in [0.15, 0.2) is 12.2 Å². The van der Waals surface area contributed by atoms with Crippen molar-refractivity contribution in [1.82, 2.24) is 0 Å². The Morgan fingerprint density at radius 3 is 1.36 bits per heavy atom. The topological polar surface area (TPSA) is 40.1 Å². The Morgan fingerprint density at radius 1 is 0.606 bits per heavy atom. The van der Waals surface area contributed by atoms with Crippen molar-refractivity contribution in [3.05, 3.63) is 12.2 Å². The summed E-state index contributed by atoms with van der Waals surface area (Å²) in [6.45, 7) is 4.37. The van der Waals surface area contributed by atoms with Crippen molar-refractivity contribution >= 4 is 8.03 Å². The van der Waals surface area contributed by atoms with Crippen molar-refractivity contribution in [3.63, 3.8) is 0 Å². The van der Waals surface area contributed by atoms with Gasteiger partial charge in [-0.1, -0.05) is 114 Å². The molecule has 0 amide bonds. The molecule has 0 N–H and O–H groups in total. The highest BCUT2D eigenvalue weighted by molar-refractivity contribution is 7.38. The zero-order chi connectivity index (χ0) is 24.8. The number of unbranched alkanes of at least 4 members (excludes halogenated alkanes) is 16. The van der Waals surface area contributed by atoms with Crippen LogP contribution in [0.4, 0.5) is 0 Å². The van der Waals surface area contributed by atoms with E-state index in [0.29, 0.717) is 4.48 Å². The Kier molecular flexibility index (Phi) is 20.9. The minimum Gasteiger partial charge on any atom is -0.590 e. The van der Waals surface area contributed by atoms with E-state index < -0.39 is 13.3 Å². The van der Waals surface area contributed by atoms with Crippen molar-refractivity contribution in [2.24, 2.45) is 0 Å². The minimum absolute atomic E-state index is 0.522. The Morgan fingerprint density at radius 2 is 1.00 bits per heavy atom. The summed E-state index contributed by atoms with van der Waals surface area (Å²) in [5.74, 6) is 0. The molecule has 0 aliphatic heterocycles. The summed E-state index contributed by atoms with van der Waals surface area (Å²) in [4.78, 5) is 12.1. The number of hydrogen-bond acceptors (Lipinski definition) is 2. The first-order chi connectivity index (χ1) is 15.8. The van der Waals surface area contributed by atoms with Crippen molar-refractivity contribution in [1.29, 1.82) is 0 Å². The maximum absolute atomic E-state index is 12.1. The van der Waals surface area contributed by atoms with Crippen molar-refractivity contribution < 1.29 is 13.9 Å². The molecule has 0 aliphatic carbocycles. The number of rotatable bonds is 24. The highest BCUT2D eigenvalue weighted by Crippen LogP contribution is 2.45. The molecule has 0 spiro atoms. The van der Waals surface area contributed by atoms with E-state index in [1.165, 1.54) is 103 Å². The van der Waals surface area contributed by atoms with Gasteiger partial charge in [0.2, 0.25) is 0 Å². The molecule has 0 bridgehead atoms. The summed E-state index contributed by atoms with van der Waals surface area (Å²) in [5, 5.41) is -0.591. The first kappa shape index (κ1) is 32.8. The average Bonchev–Trinajstić information content (AvgIpc) is 2.76. The lowest BCUT2D eigenvalue weighted by Crippen LogP contribution is -2.55. The van der Waals surface area contributed by atoms with Gasteiger partial charge in [0, 0.05) is 12.8 Å². The summed E-state index contributed by atoms with van der Waals surface area (Å²) in [6, 6.07) is 0. The monoisotopic (exact) mass is 484 g/mol. The summed E-state index contributed by atoms with van der Waals surface area (Å²) < 4.78 is 12.6. The fourth-order valence-corrected chi connectivity index (χ4v) is 6.22. The van der Waals surface area contributed by atoms with Gasteiger partial charge in [-0.25, -0.2) is 0 Å². The van der Waals surface area contributed by atoms with E-state index in [-0.39, 0.29) is 0 Å². The highest BCUT2D eigenvalue weighted by Gasteiger charge is 2.53. The Balaban J connectivity index is 3.60. The Labute approximate surface area is 209 Å². The van der Waals surface area contributed by atoms with Crippen molar-refractivity contribution in [2.45, 2.75) is 154 Å². The lowest BCUT2D eigenvalue weighted by atomic mass is 9.99. The van der Waals surface area contributed by atoms with E-state index in [1.807, 2.05) is 21.1 Å². The summed E-state index contributed by atoms with van der Waals surface area (Å²) >= 11 is 0. The lowest BCUT2D eigenvalue weighted by molar-refractivity contribution is -0.910. The van der Waals surface area contributed by atoms with Crippen LogP contribution in [0.3, 0.4) is 0 Å². The maximum Gasteiger partial charge on any atom is 0.376 e. The van der Waals surface area contributed by atoms with Gasteiger partial charge >= 0.3 is 8.03 Å². The number of allylic oxidation sites excluding steroid dienone is 2. The molecule has 0 rings (SSSR count). The Hall–Kier alpha value is -0.240. The summed E-state index contributed by atoms with van der Waals surface area (Å²) in [5.41, 5.74) is 0. The van der Waals surface area contributed by atoms with Gasteiger partial charge < -0.3 is 4.89 Å². The van der Waals surface area contributed by atoms with Gasteiger partial charge in [0.25, 0.3) is 5.28 Å². The Bertz CT molecular complexity index is 487. The molecule has 0 aliphatic rings. The molecule has 0 saturated carbocycles. The SMILES string of the molecule is CCCCCCCCC/C=C\CCCCCCCCCCCC(CCC)([P+](=O)[O-])[N+](C)(C)C. The van der Waals surface area contributed by atoms with Crippen LogP contribution in [0.1, 0.15) is 149 Å². The van der Waals surface area contributed by atoms with Crippen molar-refractivity contribution in [3.8, 4) is 0 Å². The van der Waals surface area contributed by atoms with Crippen LogP contribution in [0.5, 0.6) is 0 Å². The zero-order valence-electron chi connectivity index (χ0n) is 23.2. The van der Waals surface area contributed by atoms with Crippen LogP contribution >= 0.6 is 8.03 Å². The second kappa shape index (κ2) is 21.1. The van der Waals surface area contributed by atoms with Crippen LogP contribution in [0, 0.1) is 0 Å². The normalized spacial score (nSPS) is 14.7. The first-order valence-electron chi connectivity index (χ1n) is 14.4. The summed E-state index contributed by atoms with van der Waals surface area (Å²) in [7, 11) is 3.68. The van der Waals surface area contributed by atoms with Crippen LogP contribution in [0.2, 0.25) is 0 Å². The second-order valence-corrected chi connectivity index (χ2v) is 12.5. The molecule has 0 heterocycles. The maximum atomic E-state index is 12.1. The van der Waals surface area contributed by atoms with E-state index in [1.54, 1.807) is 0 Å².